The maximum Gasteiger partial charge on any atom is 0.273 e. The Morgan fingerprint density at radius 3 is 2.48 bits per heavy atom. The minimum absolute atomic E-state index is 0.0162. The minimum atomic E-state index is -4.58. The standard InChI is InChI=1S/C49H59ClN8O7S2/c1-5-53-66(62)24-22-56(23-25-66)32-34(2)26-36-8-12-42(29-45(36)58(60)61)67(63,64)54-48(59)43-13-11-40(28-46(43)65-41-27-37-15-17-51-47(37)52-31-41)57-20-18-55(19-21-57)33-38-14-16-49(3,4)30-44(38)35-6-9-39(50)10-7-35/h6-13,15,17,27-29,31,34H,5,14,16,18-26,30,32-33H2,1-4H3,(H,51,52)(H,54,59)/t34-/m1/s1. The smallest absolute Gasteiger partial charge is 0.273 e. The number of aromatic nitrogens is 2. The summed E-state index contributed by atoms with van der Waals surface area (Å²) >= 11 is 6.25. The van der Waals surface area contributed by atoms with E-state index in [2.05, 4.69) is 59.7 Å². The summed E-state index contributed by atoms with van der Waals surface area (Å²) in [7, 11) is -6.77. The van der Waals surface area contributed by atoms with Crippen LogP contribution in [0.5, 0.6) is 11.5 Å². The molecule has 5 aromatic rings. The van der Waals surface area contributed by atoms with Crippen molar-refractivity contribution in [1.82, 2.24) is 24.5 Å². The number of anilines is 1. The molecule has 0 bridgehead atoms. The van der Waals surface area contributed by atoms with Crippen molar-refractivity contribution in [2.45, 2.75) is 58.3 Å². The summed E-state index contributed by atoms with van der Waals surface area (Å²) in [5.41, 5.74) is 5.76. The highest BCUT2D eigenvalue weighted by molar-refractivity contribution is 7.93. The van der Waals surface area contributed by atoms with Crippen molar-refractivity contribution >= 4 is 65.2 Å². The van der Waals surface area contributed by atoms with E-state index in [0.717, 1.165) is 74.1 Å². The summed E-state index contributed by atoms with van der Waals surface area (Å²) in [4.78, 5) is 39.7. The van der Waals surface area contributed by atoms with Crippen LogP contribution in [0.4, 0.5) is 11.4 Å². The molecule has 1 aliphatic carbocycles. The average molecular weight is 972 g/mol. The van der Waals surface area contributed by atoms with Crippen LogP contribution in [0.15, 0.2) is 100 Å². The fraction of sp³-hybridized carbons (Fsp3) is 0.429. The monoisotopic (exact) mass is 970 g/mol. The molecule has 356 valence electrons. The van der Waals surface area contributed by atoms with Crippen molar-refractivity contribution in [3.63, 3.8) is 0 Å². The molecule has 0 spiro atoms. The van der Waals surface area contributed by atoms with E-state index in [9.17, 15) is 27.5 Å². The number of halogens is 1. The van der Waals surface area contributed by atoms with Crippen LogP contribution < -0.4 is 14.4 Å². The average Bonchev–Trinajstić information content (AvgIpc) is 3.76. The van der Waals surface area contributed by atoms with Crippen LogP contribution in [-0.4, -0.2) is 114 Å². The summed E-state index contributed by atoms with van der Waals surface area (Å²) in [5, 5.41) is 13.8. The van der Waals surface area contributed by atoms with Gasteiger partial charge in [-0.25, -0.2) is 26.7 Å². The van der Waals surface area contributed by atoms with E-state index in [4.69, 9.17) is 16.3 Å². The van der Waals surface area contributed by atoms with Crippen molar-refractivity contribution in [3.05, 3.63) is 123 Å². The van der Waals surface area contributed by atoms with E-state index >= 15 is 0 Å². The number of hydrogen-bond acceptors (Lipinski definition) is 12. The van der Waals surface area contributed by atoms with Crippen LogP contribution in [0.2, 0.25) is 5.02 Å². The number of pyridine rings is 1. The number of nitro groups is 1. The zero-order chi connectivity index (χ0) is 47.5. The molecule has 15 nitrogen and oxygen atoms in total. The van der Waals surface area contributed by atoms with Gasteiger partial charge in [0.2, 0.25) is 0 Å². The van der Waals surface area contributed by atoms with Gasteiger partial charge in [-0.3, -0.25) is 19.8 Å². The summed E-state index contributed by atoms with van der Waals surface area (Å²) < 4.78 is 53.3. The molecule has 2 fully saturated rings. The van der Waals surface area contributed by atoms with Crippen LogP contribution in [0, 0.1) is 21.4 Å². The summed E-state index contributed by atoms with van der Waals surface area (Å²) in [6.07, 6.45) is 6.78. The van der Waals surface area contributed by atoms with Crippen LogP contribution in [0.3, 0.4) is 0 Å². The van der Waals surface area contributed by atoms with E-state index < -0.39 is 35.5 Å². The first kappa shape index (κ1) is 48.1. The zero-order valence-corrected chi connectivity index (χ0v) is 40.9. The number of benzene rings is 3. The van der Waals surface area contributed by atoms with Gasteiger partial charge in [-0.1, -0.05) is 56.1 Å². The molecule has 2 N–H and O–H groups in total. The number of carbonyl (C=O) groups excluding carboxylic acids is 1. The van der Waals surface area contributed by atoms with Crippen molar-refractivity contribution in [2.75, 3.05) is 75.3 Å². The molecule has 3 aliphatic rings. The number of ether oxygens (including phenoxy) is 1. The SMILES string of the molecule is CCN=S1(=O)CCN(C[C@H](C)Cc2ccc(S(=O)(=O)NC(=O)c3ccc(N4CCN(CC5=C(c6ccc(Cl)cc6)CC(C)(C)CC5)CC4)cc3Oc3cnc4[nH]ccc4c3)cc2[N+](=O)[O-])CC1. The number of sulfonamides is 1. The largest absolute Gasteiger partial charge is 0.455 e. The number of H-pyrrole nitrogens is 1. The van der Waals surface area contributed by atoms with Crippen molar-refractivity contribution in [2.24, 2.45) is 15.7 Å². The molecule has 0 radical (unpaired) electrons. The van der Waals surface area contributed by atoms with Gasteiger partial charge in [-0.15, -0.1) is 0 Å². The fourth-order valence-electron chi connectivity index (χ4n) is 9.45. The van der Waals surface area contributed by atoms with Gasteiger partial charge >= 0.3 is 0 Å². The number of nitro benzene ring substituents is 1. The topological polar surface area (TPSA) is 183 Å². The number of fused-ring (bicyclic) bond motifs is 1. The first-order valence-corrected chi connectivity index (χ1v) is 26.6. The quantitative estimate of drug-likeness (QED) is 0.0755. The minimum Gasteiger partial charge on any atom is -0.455 e. The molecular formula is C49H59ClN8O7S2. The third kappa shape index (κ3) is 11.7. The van der Waals surface area contributed by atoms with Crippen LogP contribution in [0.1, 0.15) is 68.4 Å². The van der Waals surface area contributed by atoms with Gasteiger partial charge in [0.15, 0.2) is 0 Å². The van der Waals surface area contributed by atoms with Gasteiger partial charge < -0.3 is 19.5 Å². The van der Waals surface area contributed by atoms with Gasteiger partial charge in [0.05, 0.1) is 21.6 Å². The van der Waals surface area contributed by atoms with E-state index in [0.29, 0.717) is 61.1 Å². The Balaban J connectivity index is 0.979. The van der Waals surface area contributed by atoms with E-state index in [1.54, 1.807) is 30.5 Å². The normalized spacial score (nSPS) is 18.4. The molecular weight excluding hydrogens is 912 g/mol. The van der Waals surface area contributed by atoms with Gasteiger partial charge in [0.25, 0.3) is 21.6 Å². The predicted molar refractivity (Wildman–Crippen MR) is 265 cm³/mol. The van der Waals surface area contributed by atoms with Crippen molar-refractivity contribution in [1.29, 1.82) is 0 Å². The van der Waals surface area contributed by atoms with Crippen molar-refractivity contribution in [3.8, 4) is 11.5 Å². The van der Waals surface area contributed by atoms with E-state index in [1.807, 2.05) is 32.0 Å². The number of hydrogen-bond donors (Lipinski definition) is 2. The molecule has 0 saturated carbocycles. The first-order valence-electron chi connectivity index (χ1n) is 22.9. The number of piperazine rings is 1. The number of carbonyl (C=O) groups is 1. The lowest BCUT2D eigenvalue weighted by Gasteiger charge is -2.39. The van der Waals surface area contributed by atoms with Gasteiger partial charge in [0.1, 0.15) is 17.1 Å². The number of amides is 1. The Kier molecular flexibility index (Phi) is 14.4. The molecule has 2 aromatic heterocycles. The van der Waals surface area contributed by atoms with Crippen LogP contribution in [-0.2, 0) is 26.2 Å². The molecule has 1 amide bonds. The Bertz CT molecular complexity index is 2910. The van der Waals surface area contributed by atoms with Crippen molar-refractivity contribution < 1.29 is 27.1 Å². The van der Waals surface area contributed by atoms with Gasteiger partial charge in [0, 0.05) is 120 Å². The third-order valence-corrected chi connectivity index (χ3v) is 17.0. The maximum atomic E-state index is 14.0. The Morgan fingerprint density at radius 2 is 1.76 bits per heavy atom. The van der Waals surface area contributed by atoms with Crippen LogP contribution in [0.25, 0.3) is 16.6 Å². The third-order valence-electron chi connectivity index (χ3n) is 13.1. The molecule has 3 aromatic carbocycles. The molecule has 18 heteroatoms. The number of rotatable bonds is 15. The highest BCUT2D eigenvalue weighted by Gasteiger charge is 2.31. The lowest BCUT2D eigenvalue weighted by atomic mass is 9.72. The molecule has 8 rings (SSSR count). The van der Waals surface area contributed by atoms with E-state index in [1.165, 1.54) is 35.0 Å². The Hall–Kier alpha value is -5.33. The highest BCUT2D eigenvalue weighted by Crippen LogP contribution is 2.43. The molecule has 2 saturated heterocycles. The maximum absolute atomic E-state index is 14.0. The predicted octanol–water partition coefficient (Wildman–Crippen LogP) is 8.80. The second-order valence-corrected chi connectivity index (χ2v) is 23.5. The summed E-state index contributed by atoms with van der Waals surface area (Å²) in [6, 6.07) is 20.6. The van der Waals surface area contributed by atoms with Gasteiger partial charge in [-0.05, 0) is 97.5 Å². The highest BCUT2D eigenvalue weighted by atomic mass is 35.5. The lowest BCUT2D eigenvalue weighted by Crippen LogP contribution is -2.47. The lowest BCUT2D eigenvalue weighted by molar-refractivity contribution is -0.385. The number of allylic oxidation sites excluding steroid dienone is 1. The Morgan fingerprint density at radius 1 is 1.01 bits per heavy atom. The number of aromatic amines is 1. The second-order valence-electron chi connectivity index (χ2n) is 18.8. The zero-order valence-electron chi connectivity index (χ0n) is 38.5. The molecule has 0 unspecified atom stereocenters. The fourth-order valence-corrected chi connectivity index (χ4v) is 12.6. The second kappa shape index (κ2) is 20.1. The first-order chi connectivity index (χ1) is 32.0. The molecule has 1 atom stereocenters. The Labute approximate surface area is 398 Å². The van der Waals surface area contributed by atoms with Gasteiger partial charge in [-0.2, -0.15) is 0 Å². The molecule has 4 heterocycles. The number of nitrogens with one attached hydrogen (secondary N) is 2. The molecule has 2 aliphatic heterocycles. The summed E-state index contributed by atoms with van der Waals surface area (Å²) in [6.45, 7) is 14.9. The van der Waals surface area contributed by atoms with E-state index in [-0.39, 0.29) is 28.3 Å². The number of nitrogens with zero attached hydrogens (tertiary/aromatic N) is 6. The van der Waals surface area contributed by atoms with Crippen LogP contribution >= 0.6 is 11.6 Å². The summed E-state index contributed by atoms with van der Waals surface area (Å²) in [5.74, 6) is 0.482. The molecule has 67 heavy (non-hydrogen) atoms.